The Kier molecular flexibility index (Phi) is 4.61. The number of carbonyl (C=O) groups is 1. The van der Waals surface area contributed by atoms with Gasteiger partial charge in [-0.05, 0) is 35.0 Å². The van der Waals surface area contributed by atoms with Crippen LogP contribution in [0.15, 0.2) is 16.6 Å². The van der Waals surface area contributed by atoms with E-state index in [-0.39, 0.29) is 12.4 Å². The lowest BCUT2D eigenvalue weighted by Crippen LogP contribution is -2.10. The van der Waals surface area contributed by atoms with E-state index >= 15 is 0 Å². The first-order chi connectivity index (χ1) is 7.60. The van der Waals surface area contributed by atoms with Gasteiger partial charge in [0.05, 0.1) is 24.6 Å². The van der Waals surface area contributed by atoms with Crippen molar-refractivity contribution in [2.24, 2.45) is 0 Å². The highest BCUT2D eigenvalue weighted by Crippen LogP contribution is 2.33. The maximum Gasteiger partial charge on any atom is 0.310 e. The Labute approximate surface area is 103 Å². The maximum atomic E-state index is 11.4. The lowest BCUT2D eigenvalue weighted by molar-refractivity contribution is -0.142. The van der Waals surface area contributed by atoms with E-state index in [0.29, 0.717) is 23.6 Å². The van der Waals surface area contributed by atoms with Crippen molar-refractivity contribution in [3.63, 3.8) is 0 Å². The normalized spacial score (nSPS) is 9.94. The van der Waals surface area contributed by atoms with Crippen LogP contribution in [0.3, 0.4) is 0 Å². The van der Waals surface area contributed by atoms with Crippen molar-refractivity contribution in [3.8, 4) is 5.75 Å². The average Bonchev–Trinajstić information content (AvgIpc) is 2.24. The molecular formula is C11H14BrNO3. The van der Waals surface area contributed by atoms with Crippen LogP contribution in [0.4, 0.5) is 5.69 Å². The molecule has 0 bridgehead atoms. The number of benzene rings is 1. The number of hydrogen-bond donors (Lipinski definition) is 1. The highest BCUT2D eigenvalue weighted by Gasteiger charge is 2.15. The van der Waals surface area contributed by atoms with Crippen LogP contribution in [0.1, 0.15) is 12.5 Å². The summed E-state index contributed by atoms with van der Waals surface area (Å²) < 4.78 is 10.8. The number of esters is 1. The molecule has 0 fully saturated rings. The van der Waals surface area contributed by atoms with E-state index in [9.17, 15) is 4.79 Å². The van der Waals surface area contributed by atoms with Crippen LogP contribution >= 0.6 is 15.9 Å². The van der Waals surface area contributed by atoms with Crippen molar-refractivity contribution in [2.75, 3.05) is 19.5 Å². The summed E-state index contributed by atoms with van der Waals surface area (Å²) in [5.41, 5.74) is 6.97. The molecule has 16 heavy (non-hydrogen) atoms. The third-order valence-corrected chi connectivity index (χ3v) is 2.70. The summed E-state index contributed by atoms with van der Waals surface area (Å²) in [5.74, 6) is 0.263. The molecule has 0 radical (unpaired) electrons. The smallest absolute Gasteiger partial charge is 0.310 e. The fourth-order valence-corrected chi connectivity index (χ4v) is 1.91. The zero-order valence-corrected chi connectivity index (χ0v) is 10.8. The molecule has 0 spiro atoms. The van der Waals surface area contributed by atoms with Gasteiger partial charge in [0.25, 0.3) is 0 Å². The summed E-state index contributed by atoms with van der Waals surface area (Å²) in [6.45, 7) is 2.12. The molecule has 88 valence electrons. The standard InChI is InChI=1S/C11H14BrNO3/c1-3-16-10(14)6-7-9(13)5-4-8(12)11(7)15-2/h4-5H,3,6,13H2,1-2H3. The Morgan fingerprint density at radius 1 is 1.50 bits per heavy atom. The van der Waals surface area contributed by atoms with Gasteiger partial charge in [-0.3, -0.25) is 4.79 Å². The van der Waals surface area contributed by atoms with Crippen molar-refractivity contribution in [1.29, 1.82) is 0 Å². The summed E-state index contributed by atoms with van der Waals surface area (Å²) in [4.78, 5) is 11.4. The molecule has 1 rings (SSSR count). The Morgan fingerprint density at radius 3 is 2.75 bits per heavy atom. The summed E-state index contributed by atoms with van der Waals surface area (Å²) >= 11 is 3.34. The first-order valence-electron chi connectivity index (χ1n) is 4.86. The quantitative estimate of drug-likeness (QED) is 0.681. The van der Waals surface area contributed by atoms with E-state index in [2.05, 4.69) is 15.9 Å². The second-order valence-electron chi connectivity index (χ2n) is 3.13. The molecule has 0 aliphatic carbocycles. The van der Waals surface area contributed by atoms with Crippen LogP contribution in [0.5, 0.6) is 5.75 Å². The molecule has 1 aromatic rings. The Hall–Kier alpha value is -1.23. The summed E-state index contributed by atoms with van der Waals surface area (Å²) in [6.07, 6.45) is 0.113. The van der Waals surface area contributed by atoms with Crippen LogP contribution in [0.2, 0.25) is 0 Å². The first kappa shape index (κ1) is 12.8. The molecule has 0 aromatic heterocycles. The monoisotopic (exact) mass is 287 g/mol. The fourth-order valence-electron chi connectivity index (χ4n) is 1.37. The number of carbonyl (C=O) groups excluding carboxylic acids is 1. The number of ether oxygens (including phenoxy) is 2. The van der Waals surface area contributed by atoms with Gasteiger partial charge in [0.15, 0.2) is 0 Å². The summed E-state index contributed by atoms with van der Waals surface area (Å²) in [5, 5.41) is 0. The molecule has 0 saturated carbocycles. The minimum atomic E-state index is -0.314. The number of nitrogen functional groups attached to an aromatic ring is 1. The van der Waals surface area contributed by atoms with Crippen molar-refractivity contribution in [3.05, 3.63) is 22.2 Å². The van der Waals surface area contributed by atoms with Crippen molar-refractivity contribution >= 4 is 27.6 Å². The number of nitrogens with two attached hydrogens (primary N) is 1. The molecule has 0 unspecified atom stereocenters. The SMILES string of the molecule is CCOC(=O)Cc1c(N)ccc(Br)c1OC. The van der Waals surface area contributed by atoms with E-state index in [0.717, 1.165) is 4.47 Å². The zero-order valence-electron chi connectivity index (χ0n) is 9.25. The predicted molar refractivity (Wildman–Crippen MR) is 65.4 cm³/mol. The minimum absolute atomic E-state index is 0.113. The van der Waals surface area contributed by atoms with Gasteiger partial charge in [0.1, 0.15) is 5.75 Å². The lowest BCUT2D eigenvalue weighted by Gasteiger charge is -2.12. The van der Waals surface area contributed by atoms with Gasteiger partial charge in [-0.15, -0.1) is 0 Å². The van der Waals surface area contributed by atoms with Crippen molar-refractivity contribution in [2.45, 2.75) is 13.3 Å². The number of methoxy groups -OCH3 is 1. The third-order valence-electron chi connectivity index (χ3n) is 2.08. The number of rotatable bonds is 4. The van der Waals surface area contributed by atoms with Gasteiger partial charge >= 0.3 is 5.97 Å². The van der Waals surface area contributed by atoms with Crippen LogP contribution < -0.4 is 10.5 Å². The number of anilines is 1. The highest BCUT2D eigenvalue weighted by atomic mass is 79.9. The van der Waals surface area contributed by atoms with Crippen LogP contribution in [0.25, 0.3) is 0 Å². The van der Waals surface area contributed by atoms with Gasteiger partial charge in [-0.25, -0.2) is 0 Å². The molecule has 0 aliphatic rings. The highest BCUT2D eigenvalue weighted by molar-refractivity contribution is 9.10. The van der Waals surface area contributed by atoms with Gasteiger partial charge < -0.3 is 15.2 Å². The van der Waals surface area contributed by atoms with E-state index in [4.69, 9.17) is 15.2 Å². The topological polar surface area (TPSA) is 61.5 Å². The van der Waals surface area contributed by atoms with Crippen molar-refractivity contribution in [1.82, 2.24) is 0 Å². The molecule has 5 heteroatoms. The summed E-state index contributed by atoms with van der Waals surface area (Å²) in [6, 6.07) is 3.50. The Morgan fingerprint density at radius 2 is 2.19 bits per heavy atom. The number of halogens is 1. The Bertz CT molecular complexity index is 393. The third kappa shape index (κ3) is 2.88. The zero-order chi connectivity index (χ0) is 12.1. The fraction of sp³-hybridized carbons (Fsp3) is 0.364. The van der Waals surface area contributed by atoms with Gasteiger partial charge in [-0.1, -0.05) is 0 Å². The molecule has 1 aromatic carbocycles. The average molecular weight is 288 g/mol. The van der Waals surface area contributed by atoms with Crippen LogP contribution in [0, 0.1) is 0 Å². The van der Waals surface area contributed by atoms with E-state index in [1.807, 2.05) is 0 Å². The molecular weight excluding hydrogens is 274 g/mol. The summed E-state index contributed by atoms with van der Waals surface area (Å²) in [7, 11) is 1.54. The second-order valence-corrected chi connectivity index (χ2v) is 3.98. The minimum Gasteiger partial charge on any atom is -0.495 e. The molecule has 0 atom stereocenters. The van der Waals surface area contributed by atoms with Gasteiger partial charge in [0.2, 0.25) is 0 Å². The first-order valence-corrected chi connectivity index (χ1v) is 5.65. The molecule has 4 nitrogen and oxygen atoms in total. The number of hydrogen-bond acceptors (Lipinski definition) is 4. The molecule has 0 saturated heterocycles. The predicted octanol–water partition coefficient (Wildman–Crippen LogP) is 2.15. The van der Waals surface area contributed by atoms with E-state index in [1.54, 1.807) is 19.1 Å². The second kappa shape index (κ2) is 5.75. The maximum absolute atomic E-state index is 11.4. The lowest BCUT2D eigenvalue weighted by atomic mass is 10.1. The van der Waals surface area contributed by atoms with Gasteiger partial charge in [0, 0.05) is 11.3 Å². The van der Waals surface area contributed by atoms with Crippen LogP contribution in [-0.2, 0) is 16.0 Å². The molecule has 0 aliphatic heterocycles. The molecule has 2 N–H and O–H groups in total. The van der Waals surface area contributed by atoms with Gasteiger partial charge in [-0.2, -0.15) is 0 Å². The van der Waals surface area contributed by atoms with E-state index < -0.39 is 0 Å². The molecule has 0 heterocycles. The Balaban J connectivity index is 3.01. The molecule has 0 amide bonds. The van der Waals surface area contributed by atoms with Crippen molar-refractivity contribution < 1.29 is 14.3 Å². The van der Waals surface area contributed by atoms with E-state index in [1.165, 1.54) is 7.11 Å². The van der Waals surface area contributed by atoms with Crippen LogP contribution in [-0.4, -0.2) is 19.7 Å². The largest absolute Gasteiger partial charge is 0.495 e.